The summed E-state index contributed by atoms with van der Waals surface area (Å²) in [6, 6.07) is 15.6. The van der Waals surface area contributed by atoms with Crippen molar-refractivity contribution >= 4 is 5.91 Å². The van der Waals surface area contributed by atoms with Crippen molar-refractivity contribution in [2.45, 2.75) is 25.8 Å². The molecular formula is C21H22N4O2. The van der Waals surface area contributed by atoms with Gasteiger partial charge in [0.25, 0.3) is 5.91 Å². The van der Waals surface area contributed by atoms with E-state index in [0.717, 1.165) is 22.6 Å². The zero-order valence-corrected chi connectivity index (χ0v) is 15.5. The van der Waals surface area contributed by atoms with Crippen molar-refractivity contribution in [3.8, 4) is 5.69 Å². The Hall–Kier alpha value is -2.99. The average Bonchev–Trinajstić information content (AvgIpc) is 3.11. The van der Waals surface area contributed by atoms with E-state index >= 15 is 0 Å². The minimum Gasteiger partial charge on any atom is -0.384 e. The molecule has 6 heteroatoms. The number of hydrogen-bond donors (Lipinski definition) is 1. The number of hydrogen-bond acceptors (Lipinski definition) is 4. The van der Waals surface area contributed by atoms with Gasteiger partial charge < -0.3 is 10.1 Å². The fourth-order valence-corrected chi connectivity index (χ4v) is 3.35. The largest absolute Gasteiger partial charge is 0.384 e. The van der Waals surface area contributed by atoms with E-state index in [9.17, 15) is 4.79 Å². The number of benzene rings is 2. The number of aryl methyl sites for hydroxylation is 1. The van der Waals surface area contributed by atoms with Crippen molar-refractivity contribution < 1.29 is 9.53 Å². The van der Waals surface area contributed by atoms with Gasteiger partial charge in [-0.3, -0.25) is 4.79 Å². The summed E-state index contributed by atoms with van der Waals surface area (Å²) >= 11 is 0. The molecule has 1 aromatic heterocycles. The van der Waals surface area contributed by atoms with Crippen LogP contribution in [0.25, 0.3) is 5.69 Å². The van der Waals surface area contributed by atoms with Crippen LogP contribution in [0.4, 0.5) is 0 Å². The maximum absolute atomic E-state index is 12.6. The Morgan fingerprint density at radius 3 is 2.74 bits per heavy atom. The third kappa shape index (κ3) is 3.48. The molecule has 0 fully saturated rings. The van der Waals surface area contributed by atoms with E-state index in [1.807, 2.05) is 60.1 Å². The molecule has 2 aromatic carbocycles. The lowest BCUT2D eigenvalue weighted by atomic mass is 9.95. The van der Waals surface area contributed by atoms with Crippen molar-refractivity contribution in [3.63, 3.8) is 0 Å². The van der Waals surface area contributed by atoms with Crippen LogP contribution in [0.2, 0.25) is 0 Å². The summed E-state index contributed by atoms with van der Waals surface area (Å²) in [5, 5.41) is 7.76. The highest BCUT2D eigenvalue weighted by atomic mass is 16.5. The van der Waals surface area contributed by atoms with Gasteiger partial charge in [-0.2, -0.15) is 5.10 Å². The van der Waals surface area contributed by atoms with Crippen LogP contribution in [0.5, 0.6) is 0 Å². The van der Waals surface area contributed by atoms with Crippen LogP contribution in [-0.4, -0.2) is 34.4 Å². The molecule has 2 heterocycles. The molecule has 27 heavy (non-hydrogen) atoms. The Morgan fingerprint density at radius 2 is 1.96 bits per heavy atom. The Bertz CT molecular complexity index is 963. The molecule has 0 saturated carbocycles. The number of carbonyl (C=O) groups excluding carboxylic acids is 1. The van der Waals surface area contributed by atoms with Crippen LogP contribution in [-0.2, 0) is 17.6 Å². The number of ether oxygens (including phenoxy) is 1. The van der Waals surface area contributed by atoms with Gasteiger partial charge in [-0.25, -0.2) is 9.67 Å². The minimum atomic E-state index is -0.225. The fraction of sp³-hybridized carbons (Fsp3) is 0.286. The molecule has 0 radical (unpaired) electrons. The molecule has 138 valence electrons. The second-order valence-corrected chi connectivity index (χ2v) is 6.76. The van der Waals surface area contributed by atoms with Gasteiger partial charge in [-0.05, 0) is 30.7 Å². The number of nitrogens with one attached hydrogen (secondary N) is 1. The lowest BCUT2D eigenvalue weighted by Gasteiger charge is -2.25. The lowest BCUT2D eigenvalue weighted by molar-refractivity contribution is 0.0922. The third-order valence-electron chi connectivity index (χ3n) is 4.79. The molecule has 4 rings (SSSR count). The maximum atomic E-state index is 12.6. The molecule has 0 aliphatic carbocycles. The van der Waals surface area contributed by atoms with Gasteiger partial charge in [-0.1, -0.05) is 35.9 Å². The van der Waals surface area contributed by atoms with Crippen LogP contribution in [0.3, 0.4) is 0 Å². The third-order valence-corrected chi connectivity index (χ3v) is 4.79. The van der Waals surface area contributed by atoms with Gasteiger partial charge in [0.05, 0.1) is 18.3 Å². The van der Waals surface area contributed by atoms with Crippen molar-refractivity contribution in [2.75, 3.05) is 13.7 Å². The SMILES string of the molecule is COCCc1nc([C@@H]2Cc3ccccc3C(=O)N2)n(-c2ccc(C)cc2)n1. The summed E-state index contributed by atoms with van der Waals surface area (Å²) in [5.41, 5.74) is 3.87. The van der Waals surface area contributed by atoms with Crippen molar-refractivity contribution in [1.82, 2.24) is 20.1 Å². The number of carbonyl (C=O) groups is 1. The first-order valence-electron chi connectivity index (χ1n) is 9.06. The molecule has 0 saturated heterocycles. The second-order valence-electron chi connectivity index (χ2n) is 6.76. The summed E-state index contributed by atoms with van der Waals surface area (Å²) < 4.78 is 7.00. The molecule has 1 atom stereocenters. The van der Waals surface area contributed by atoms with E-state index in [0.29, 0.717) is 25.3 Å². The Labute approximate surface area is 158 Å². The lowest BCUT2D eigenvalue weighted by Crippen LogP contribution is -2.36. The molecular weight excluding hydrogens is 340 g/mol. The predicted molar refractivity (Wildman–Crippen MR) is 102 cm³/mol. The second kappa shape index (κ2) is 7.32. The zero-order valence-electron chi connectivity index (χ0n) is 15.5. The molecule has 3 aromatic rings. The minimum absolute atomic E-state index is 0.0706. The van der Waals surface area contributed by atoms with Gasteiger partial charge >= 0.3 is 0 Å². The zero-order chi connectivity index (χ0) is 18.8. The highest BCUT2D eigenvalue weighted by Crippen LogP contribution is 2.26. The van der Waals surface area contributed by atoms with Crippen LogP contribution in [0.15, 0.2) is 48.5 Å². The van der Waals surface area contributed by atoms with E-state index in [2.05, 4.69) is 10.4 Å². The van der Waals surface area contributed by atoms with Crippen LogP contribution >= 0.6 is 0 Å². The van der Waals surface area contributed by atoms with Gasteiger partial charge in [0.2, 0.25) is 0 Å². The van der Waals surface area contributed by atoms with Gasteiger partial charge in [0.15, 0.2) is 11.6 Å². The van der Waals surface area contributed by atoms with E-state index in [1.54, 1.807) is 7.11 Å². The average molecular weight is 362 g/mol. The number of aromatic nitrogens is 3. The molecule has 0 unspecified atom stereocenters. The number of fused-ring (bicyclic) bond motifs is 1. The molecule has 1 aliphatic rings. The molecule has 0 bridgehead atoms. The maximum Gasteiger partial charge on any atom is 0.252 e. The van der Waals surface area contributed by atoms with Crippen LogP contribution < -0.4 is 5.32 Å². The Morgan fingerprint density at radius 1 is 1.19 bits per heavy atom. The fourth-order valence-electron chi connectivity index (χ4n) is 3.35. The molecule has 1 aliphatic heterocycles. The van der Waals surface area contributed by atoms with Gasteiger partial charge in [-0.15, -0.1) is 0 Å². The van der Waals surface area contributed by atoms with Gasteiger partial charge in [0.1, 0.15) is 0 Å². The monoisotopic (exact) mass is 362 g/mol. The molecule has 6 nitrogen and oxygen atoms in total. The molecule has 1 N–H and O–H groups in total. The van der Waals surface area contributed by atoms with E-state index in [1.165, 1.54) is 5.56 Å². The van der Waals surface area contributed by atoms with E-state index in [-0.39, 0.29) is 11.9 Å². The highest BCUT2D eigenvalue weighted by Gasteiger charge is 2.29. The normalized spacial score (nSPS) is 16.1. The number of rotatable bonds is 5. The highest BCUT2D eigenvalue weighted by molar-refractivity contribution is 5.97. The smallest absolute Gasteiger partial charge is 0.252 e. The van der Waals surface area contributed by atoms with Crippen molar-refractivity contribution in [3.05, 3.63) is 76.9 Å². The van der Waals surface area contributed by atoms with E-state index < -0.39 is 0 Å². The first-order chi connectivity index (χ1) is 13.2. The summed E-state index contributed by atoms with van der Waals surface area (Å²) in [5.74, 6) is 1.38. The summed E-state index contributed by atoms with van der Waals surface area (Å²) in [4.78, 5) is 17.3. The topological polar surface area (TPSA) is 69.0 Å². The van der Waals surface area contributed by atoms with Gasteiger partial charge in [0, 0.05) is 25.5 Å². The molecule has 1 amide bonds. The summed E-state index contributed by atoms with van der Waals surface area (Å²) in [6.07, 6.45) is 1.32. The number of methoxy groups -OCH3 is 1. The molecule has 0 spiro atoms. The Kier molecular flexibility index (Phi) is 4.73. The quantitative estimate of drug-likeness (QED) is 0.758. The van der Waals surface area contributed by atoms with Crippen molar-refractivity contribution in [2.24, 2.45) is 0 Å². The summed E-state index contributed by atoms with van der Waals surface area (Å²) in [6.45, 7) is 2.60. The first-order valence-corrected chi connectivity index (χ1v) is 9.06. The Balaban J connectivity index is 1.74. The number of amides is 1. The van der Waals surface area contributed by atoms with Crippen LogP contribution in [0.1, 0.15) is 39.2 Å². The van der Waals surface area contributed by atoms with Crippen LogP contribution in [0, 0.1) is 6.92 Å². The number of nitrogens with zero attached hydrogens (tertiary/aromatic N) is 3. The van der Waals surface area contributed by atoms with Crippen molar-refractivity contribution in [1.29, 1.82) is 0 Å². The standard InChI is InChI=1S/C21H22N4O2/c1-14-7-9-16(10-8-14)25-20(23-19(24-25)11-12-27-2)18-13-15-5-3-4-6-17(15)21(26)22-18/h3-10,18H,11-13H2,1-2H3,(H,22,26)/t18-/m0/s1. The summed E-state index contributed by atoms with van der Waals surface area (Å²) in [7, 11) is 1.66. The first kappa shape index (κ1) is 17.4. The van der Waals surface area contributed by atoms with E-state index in [4.69, 9.17) is 9.72 Å². The predicted octanol–water partition coefficient (Wildman–Crippen LogP) is 2.79.